The molecule has 1 aromatic carbocycles. The number of anilines is 1. The van der Waals surface area contributed by atoms with Gasteiger partial charge in [0.15, 0.2) is 0 Å². The molecule has 1 amide bonds. The van der Waals surface area contributed by atoms with Crippen LogP contribution in [0.1, 0.15) is 11.1 Å². The minimum atomic E-state index is -7.11. The average Bonchev–Trinajstić information content (AvgIpc) is 2.41. The van der Waals surface area contributed by atoms with Gasteiger partial charge in [-0.3, -0.25) is 4.79 Å². The van der Waals surface area contributed by atoms with E-state index in [0.717, 1.165) is 0 Å². The van der Waals surface area contributed by atoms with E-state index in [1.54, 1.807) is 0 Å². The fraction of sp³-hybridized carbons (Fsp3) is 0.462. The van der Waals surface area contributed by atoms with Crippen molar-refractivity contribution in [1.29, 1.82) is 0 Å². The Morgan fingerprint density at radius 2 is 1.25 bits per heavy atom. The SMILES string of the molecule is Cc1cccc(C)c1NC(=O)C(F)(F)C(F)(F)C(F)(F)C(F)(F)F. The molecular weight excluding hydrogens is 357 g/mol. The summed E-state index contributed by atoms with van der Waals surface area (Å²) >= 11 is 0. The number of carbonyl (C=O) groups excluding carboxylic acids is 1. The van der Waals surface area contributed by atoms with Crippen molar-refractivity contribution < 1.29 is 44.3 Å². The molecule has 0 bridgehead atoms. The summed E-state index contributed by atoms with van der Waals surface area (Å²) in [6.45, 7) is 2.56. The third-order valence-corrected chi connectivity index (χ3v) is 3.15. The van der Waals surface area contributed by atoms with Crippen molar-refractivity contribution in [2.45, 2.75) is 37.8 Å². The summed E-state index contributed by atoms with van der Waals surface area (Å²) in [6.07, 6.45) is -6.97. The van der Waals surface area contributed by atoms with E-state index in [1.165, 1.54) is 37.4 Å². The summed E-state index contributed by atoms with van der Waals surface area (Å²) in [6, 6.07) is 3.98. The van der Waals surface area contributed by atoms with Crippen molar-refractivity contribution in [3.8, 4) is 0 Å². The van der Waals surface area contributed by atoms with Gasteiger partial charge >= 0.3 is 29.9 Å². The third kappa shape index (κ3) is 3.03. The molecule has 0 aliphatic carbocycles. The lowest BCUT2D eigenvalue weighted by molar-refractivity contribution is -0.388. The molecule has 1 rings (SSSR count). The van der Waals surface area contributed by atoms with Crippen LogP contribution in [0.2, 0.25) is 0 Å². The molecule has 0 radical (unpaired) electrons. The Morgan fingerprint density at radius 1 is 0.833 bits per heavy atom. The smallest absolute Gasteiger partial charge is 0.320 e. The lowest BCUT2D eigenvalue weighted by atomic mass is 10.0. The van der Waals surface area contributed by atoms with Crippen LogP contribution < -0.4 is 5.32 Å². The molecule has 0 atom stereocenters. The second-order valence-corrected chi connectivity index (χ2v) is 4.94. The fourth-order valence-corrected chi connectivity index (χ4v) is 1.72. The monoisotopic (exact) mass is 367 g/mol. The summed E-state index contributed by atoms with van der Waals surface area (Å²) in [5, 5.41) is 1.28. The van der Waals surface area contributed by atoms with Gasteiger partial charge in [-0.15, -0.1) is 0 Å². The van der Waals surface area contributed by atoms with Crippen molar-refractivity contribution in [2.24, 2.45) is 0 Å². The van der Waals surface area contributed by atoms with Crippen molar-refractivity contribution >= 4 is 11.6 Å². The van der Waals surface area contributed by atoms with Crippen molar-refractivity contribution in [3.05, 3.63) is 29.3 Å². The van der Waals surface area contributed by atoms with Gasteiger partial charge in [-0.2, -0.15) is 39.5 Å². The predicted molar refractivity (Wildman–Crippen MR) is 65.4 cm³/mol. The molecule has 2 nitrogen and oxygen atoms in total. The number of carbonyl (C=O) groups is 1. The predicted octanol–water partition coefficient (Wildman–Crippen LogP) is 4.71. The number of hydrogen-bond acceptors (Lipinski definition) is 1. The van der Waals surface area contributed by atoms with Crippen LogP contribution in [-0.2, 0) is 4.79 Å². The molecule has 0 fully saturated rings. The van der Waals surface area contributed by atoms with Crippen molar-refractivity contribution in [3.63, 3.8) is 0 Å². The second kappa shape index (κ2) is 5.85. The van der Waals surface area contributed by atoms with E-state index in [4.69, 9.17) is 0 Å². The Hall–Kier alpha value is -1.94. The summed E-state index contributed by atoms with van der Waals surface area (Å²) < 4.78 is 115. The molecule has 0 unspecified atom stereocenters. The molecule has 0 spiro atoms. The number of nitrogens with one attached hydrogen (secondary N) is 1. The van der Waals surface area contributed by atoms with Crippen molar-refractivity contribution in [2.75, 3.05) is 5.32 Å². The standard InChI is InChI=1S/C13H10F9NO/c1-6-4-3-5-7(2)8(6)23-9(24)10(14,15)11(16,17)12(18,19)13(20,21)22/h3-5H,1-2H3,(H,23,24). The second-order valence-electron chi connectivity index (χ2n) is 4.94. The largest absolute Gasteiger partial charge is 0.460 e. The third-order valence-electron chi connectivity index (χ3n) is 3.15. The molecule has 0 heterocycles. The van der Waals surface area contributed by atoms with Gasteiger partial charge in [0, 0.05) is 5.69 Å². The molecule has 0 saturated heterocycles. The summed E-state index contributed by atoms with van der Waals surface area (Å²) in [5.41, 5.74) is -0.164. The summed E-state index contributed by atoms with van der Waals surface area (Å²) in [5.74, 6) is -23.4. The summed E-state index contributed by atoms with van der Waals surface area (Å²) in [7, 11) is 0. The van der Waals surface area contributed by atoms with E-state index < -0.39 is 35.5 Å². The molecule has 136 valence electrons. The normalized spacial score (nSPS) is 13.8. The maximum atomic E-state index is 13.4. The van der Waals surface area contributed by atoms with Gasteiger partial charge in [0.05, 0.1) is 0 Å². The number of para-hydroxylation sites is 1. The first-order chi connectivity index (χ1) is 10.6. The van der Waals surface area contributed by atoms with Gasteiger partial charge in [0.1, 0.15) is 0 Å². The van der Waals surface area contributed by atoms with Crippen LogP contribution in [0.3, 0.4) is 0 Å². The minimum Gasteiger partial charge on any atom is -0.320 e. The maximum absolute atomic E-state index is 13.4. The zero-order chi connectivity index (χ0) is 19.1. The molecule has 0 saturated carbocycles. The Kier molecular flexibility index (Phi) is 4.90. The molecule has 11 heteroatoms. The number of benzene rings is 1. The molecule has 1 aromatic rings. The first-order valence-corrected chi connectivity index (χ1v) is 6.15. The summed E-state index contributed by atoms with van der Waals surface area (Å²) in [4.78, 5) is 11.3. The van der Waals surface area contributed by atoms with Crippen LogP contribution in [-0.4, -0.2) is 29.9 Å². The molecular formula is C13H10F9NO. The van der Waals surface area contributed by atoms with Crippen molar-refractivity contribution in [1.82, 2.24) is 0 Å². The quantitative estimate of drug-likeness (QED) is 0.768. The number of rotatable bonds is 4. The zero-order valence-electron chi connectivity index (χ0n) is 12.0. The van der Waals surface area contributed by atoms with E-state index in [2.05, 4.69) is 0 Å². The highest BCUT2D eigenvalue weighted by Crippen LogP contribution is 2.53. The Balaban J connectivity index is 3.26. The number of alkyl halides is 9. The highest BCUT2D eigenvalue weighted by atomic mass is 19.4. The van der Waals surface area contributed by atoms with Gasteiger partial charge < -0.3 is 5.32 Å². The Bertz CT molecular complexity index is 617. The van der Waals surface area contributed by atoms with Crippen LogP contribution in [0, 0.1) is 13.8 Å². The van der Waals surface area contributed by atoms with E-state index in [1.807, 2.05) is 0 Å². The Labute approximate surface area is 129 Å². The van der Waals surface area contributed by atoms with E-state index in [-0.39, 0.29) is 11.1 Å². The molecule has 24 heavy (non-hydrogen) atoms. The van der Waals surface area contributed by atoms with Crippen LogP contribution in [0.5, 0.6) is 0 Å². The topological polar surface area (TPSA) is 29.1 Å². The van der Waals surface area contributed by atoms with Gasteiger partial charge in [-0.25, -0.2) is 0 Å². The van der Waals surface area contributed by atoms with Crippen LogP contribution >= 0.6 is 0 Å². The lowest BCUT2D eigenvalue weighted by Gasteiger charge is -2.32. The highest BCUT2D eigenvalue weighted by molar-refractivity contribution is 5.98. The molecule has 0 aliphatic heterocycles. The number of halogens is 9. The molecule has 0 aliphatic rings. The average molecular weight is 367 g/mol. The van der Waals surface area contributed by atoms with Crippen LogP contribution in [0.15, 0.2) is 18.2 Å². The Morgan fingerprint density at radius 3 is 1.62 bits per heavy atom. The van der Waals surface area contributed by atoms with Gasteiger partial charge in [-0.05, 0) is 25.0 Å². The molecule has 0 aromatic heterocycles. The first kappa shape index (κ1) is 20.1. The number of hydrogen-bond donors (Lipinski definition) is 1. The minimum absolute atomic E-state index is 0.116. The van der Waals surface area contributed by atoms with Gasteiger partial charge in [-0.1, -0.05) is 18.2 Å². The van der Waals surface area contributed by atoms with E-state index in [0.29, 0.717) is 0 Å². The van der Waals surface area contributed by atoms with Gasteiger partial charge in [0.2, 0.25) is 0 Å². The van der Waals surface area contributed by atoms with Crippen LogP contribution in [0.25, 0.3) is 0 Å². The lowest BCUT2D eigenvalue weighted by Crippen LogP contribution is -2.64. The fourth-order valence-electron chi connectivity index (χ4n) is 1.72. The highest BCUT2D eigenvalue weighted by Gasteiger charge is 2.83. The van der Waals surface area contributed by atoms with Gasteiger partial charge in [0.25, 0.3) is 0 Å². The number of amides is 1. The molecule has 1 N–H and O–H groups in total. The number of aryl methyl sites for hydroxylation is 2. The first-order valence-electron chi connectivity index (χ1n) is 6.15. The van der Waals surface area contributed by atoms with Crippen LogP contribution in [0.4, 0.5) is 45.2 Å². The maximum Gasteiger partial charge on any atom is 0.460 e. The van der Waals surface area contributed by atoms with E-state index in [9.17, 15) is 44.3 Å². The van der Waals surface area contributed by atoms with E-state index >= 15 is 0 Å². The zero-order valence-corrected chi connectivity index (χ0v) is 12.0.